The molecule has 0 aromatic rings. The first-order chi connectivity index (χ1) is 10.3. The maximum atomic E-state index is 5.37. The SMILES string of the molecule is CC(C)CCCCCCCCCCCCCC[C]1CCO1. The van der Waals surface area contributed by atoms with Crippen molar-refractivity contribution in [3.63, 3.8) is 0 Å². The predicted molar refractivity (Wildman–Crippen MR) is 93.3 cm³/mol. The second-order valence-electron chi connectivity index (χ2n) is 7.31. The van der Waals surface area contributed by atoms with Crippen molar-refractivity contribution in [1.29, 1.82) is 0 Å². The van der Waals surface area contributed by atoms with Gasteiger partial charge in [-0.3, -0.25) is 0 Å². The molecule has 1 saturated heterocycles. The molecule has 0 saturated carbocycles. The third kappa shape index (κ3) is 12.2. The Balaban J connectivity index is 1.63. The van der Waals surface area contributed by atoms with E-state index in [9.17, 15) is 0 Å². The standard InChI is InChI=1S/C20H39O/c1-19(2)15-13-11-9-7-5-3-4-6-8-10-12-14-16-20-17-18-21-20/h19H,3-18H2,1-2H3. The third-order valence-electron chi connectivity index (χ3n) is 4.67. The van der Waals surface area contributed by atoms with Crippen LogP contribution in [0, 0.1) is 12.0 Å². The molecule has 0 atom stereocenters. The average Bonchev–Trinajstić information content (AvgIpc) is 2.40. The van der Waals surface area contributed by atoms with Gasteiger partial charge >= 0.3 is 0 Å². The molecule has 1 aliphatic heterocycles. The van der Waals surface area contributed by atoms with Crippen molar-refractivity contribution < 1.29 is 4.74 Å². The van der Waals surface area contributed by atoms with Gasteiger partial charge in [0.05, 0.1) is 12.7 Å². The second-order valence-corrected chi connectivity index (χ2v) is 7.31. The monoisotopic (exact) mass is 295 g/mol. The maximum absolute atomic E-state index is 5.37. The minimum atomic E-state index is 0.893. The second kappa shape index (κ2) is 13.6. The highest BCUT2D eigenvalue weighted by Crippen LogP contribution is 2.25. The molecular weight excluding hydrogens is 256 g/mol. The number of unbranched alkanes of at least 4 members (excludes halogenated alkanes) is 11. The first kappa shape index (κ1) is 19.0. The van der Waals surface area contributed by atoms with Gasteiger partial charge < -0.3 is 4.74 Å². The number of rotatable bonds is 15. The van der Waals surface area contributed by atoms with E-state index < -0.39 is 0 Å². The lowest BCUT2D eigenvalue weighted by atomic mass is 10.0. The topological polar surface area (TPSA) is 9.23 Å². The smallest absolute Gasteiger partial charge is 0.0993 e. The summed E-state index contributed by atoms with van der Waals surface area (Å²) in [7, 11) is 0. The zero-order valence-corrected chi connectivity index (χ0v) is 14.8. The van der Waals surface area contributed by atoms with Crippen molar-refractivity contribution in [2.75, 3.05) is 6.61 Å². The van der Waals surface area contributed by atoms with Crippen molar-refractivity contribution in [2.24, 2.45) is 5.92 Å². The number of ether oxygens (including phenoxy) is 1. The molecule has 1 rings (SSSR count). The van der Waals surface area contributed by atoms with Gasteiger partial charge in [-0.05, 0) is 12.3 Å². The van der Waals surface area contributed by atoms with Crippen LogP contribution in [0.3, 0.4) is 0 Å². The third-order valence-corrected chi connectivity index (χ3v) is 4.67. The van der Waals surface area contributed by atoms with Gasteiger partial charge in [-0.25, -0.2) is 0 Å². The fourth-order valence-electron chi connectivity index (χ4n) is 3.09. The summed E-state index contributed by atoms with van der Waals surface area (Å²) in [5, 5.41) is 0. The molecule has 0 unspecified atom stereocenters. The van der Waals surface area contributed by atoms with Crippen LogP contribution in [0.25, 0.3) is 0 Å². The normalized spacial score (nSPS) is 15.6. The molecule has 1 heteroatoms. The van der Waals surface area contributed by atoms with Crippen LogP contribution >= 0.6 is 0 Å². The summed E-state index contributed by atoms with van der Waals surface area (Å²) < 4.78 is 5.37. The Kier molecular flexibility index (Phi) is 12.3. The highest BCUT2D eigenvalue weighted by molar-refractivity contribution is 4.85. The largest absolute Gasteiger partial charge is 0.372 e. The Bertz CT molecular complexity index is 208. The molecule has 1 radical (unpaired) electrons. The van der Waals surface area contributed by atoms with E-state index in [1.54, 1.807) is 0 Å². The van der Waals surface area contributed by atoms with Crippen LogP contribution in [0.2, 0.25) is 0 Å². The predicted octanol–water partition coefficient (Wildman–Crippen LogP) is 7.06. The van der Waals surface area contributed by atoms with E-state index in [1.807, 2.05) is 0 Å². The number of hydrogen-bond acceptors (Lipinski definition) is 1. The van der Waals surface area contributed by atoms with Crippen molar-refractivity contribution in [3.05, 3.63) is 6.10 Å². The minimum absolute atomic E-state index is 0.893. The van der Waals surface area contributed by atoms with Gasteiger partial charge in [0.15, 0.2) is 0 Å². The molecule has 1 aliphatic rings. The summed E-state index contributed by atoms with van der Waals surface area (Å²) in [6.07, 6.45) is 22.6. The van der Waals surface area contributed by atoms with Crippen molar-refractivity contribution in [3.8, 4) is 0 Å². The summed E-state index contributed by atoms with van der Waals surface area (Å²) >= 11 is 0. The summed E-state index contributed by atoms with van der Waals surface area (Å²) in [5.41, 5.74) is 0. The summed E-state index contributed by atoms with van der Waals surface area (Å²) in [4.78, 5) is 0. The van der Waals surface area contributed by atoms with E-state index in [1.165, 1.54) is 102 Å². The van der Waals surface area contributed by atoms with E-state index >= 15 is 0 Å². The van der Waals surface area contributed by atoms with Crippen LogP contribution in [-0.4, -0.2) is 6.61 Å². The van der Waals surface area contributed by atoms with E-state index in [0.29, 0.717) is 0 Å². The molecule has 125 valence electrons. The summed E-state index contributed by atoms with van der Waals surface area (Å²) in [6.45, 7) is 5.65. The zero-order chi connectivity index (χ0) is 15.2. The van der Waals surface area contributed by atoms with Gasteiger partial charge in [-0.1, -0.05) is 97.3 Å². The Morgan fingerprint density at radius 1 is 0.714 bits per heavy atom. The van der Waals surface area contributed by atoms with Crippen LogP contribution in [0.15, 0.2) is 0 Å². The quantitative estimate of drug-likeness (QED) is 0.294. The Labute approximate surface area is 134 Å². The lowest BCUT2D eigenvalue weighted by Crippen LogP contribution is -2.17. The van der Waals surface area contributed by atoms with E-state index in [-0.39, 0.29) is 0 Å². The van der Waals surface area contributed by atoms with Gasteiger partial charge in [0, 0.05) is 6.42 Å². The lowest BCUT2D eigenvalue weighted by molar-refractivity contribution is 0.0337. The first-order valence-electron chi connectivity index (χ1n) is 9.76. The molecule has 1 nitrogen and oxygen atoms in total. The lowest BCUT2D eigenvalue weighted by Gasteiger charge is -2.24. The van der Waals surface area contributed by atoms with Crippen LogP contribution in [0.5, 0.6) is 0 Å². The van der Waals surface area contributed by atoms with Gasteiger partial charge in [-0.15, -0.1) is 0 Å². The molecule has 0 amide bonds. The summed E-state index contributed by atoms with van der Waals surface area (Å²) in [6, 6.07) is 0. The highest BCUT2D eigenvalue weighted by Gasteiger charge is 2.17. The highest BCUT2D eigenvalue weighted by atomic mass is 16.5. The molecule has 0 bridgehead atoms. The van der Waals surface area contributed by atoms with Gasteiger partial charge in [-0.2, -0.15) is 0 Å². The van der Waals surface area contributed by atoms with E-state index in [0.717, 1.165) is 12.5 Å². The molecule has 0 N–H and O–H groups in total. The fraction of sp³-hybridized carbons (Fsp3) is 0.950. The Morgan fingerprint density at radius 2 is 1.14 bits per heavy atom. The molecule has 1 heterocycles. The van der Waals surface area contributed by atoms with E-state index in [2.05, 4.69) is 13.8 Å². The first-order valence-corrected chi connectivity index (χ1v) is 9.76. The van der Waals surface area contributed by atoms with Crippen molar-refractivity contribution >= 4 is 0 Å². The van der Waals surface area contributed by atoms with Crippen molar-refractivity contribution in [1.82, 2.24) is 0 Å². The average molecular weight is 296 g/mol. The zero-order valence-electron chi connectivity index (χ0n) is 14.8. The van der Waals surface area contributed by atoms with Crippen molar-refractivity contribution in [2.45, 2.75) is 110 Å². The van der Waals surface area contributed by atoms with Gasteiger partial charge in [0.1, 0.15) is 0 Å². The van der Waals surface area contributed by atoms with Crippen LogP contribution in [0.1, 0.15) is 110 Å². The number of hydrogen-bond donors (Lipinski definition) is 0. The van der Waals surface area contributed by atoms with Gasteiger partial charge in [0.2, 0.25) is 0 Å². The van der Waals surface area contributed by atoms with E-state index in [4.69, 9.17) is 4.74 Å². The maximum Gasteiger partial charge on any atom is 0.0993 e. The molecule has 0 spiro atoms. The van der Waals surface area contributed by atoms with Crippen LogP contribution in [-0.2, 0) is 4.74 Å². The minimum Gasteiger partial charge on any atom is -0.372 e. The molecule has 0 aliphatic carbocycles. The molecular formula is C20H39O. The van der Waals surface area contributed by atoms with Gasteiger partial charge in [0.25, 0.3) is 0 Å². The Morgan fingerprint density at radius 3 is 1.52 bits per heavy atom. The molecule has 21 heavy (non-hydrogen) atoms. The Hall–Kier alpha value is -0.0400. The molecule has 0 aromatic heterocycles. The van der Waals surface area contributed by atoms with Crippen LogP contribution in [0.4, 0.5) is 0 Å². The summed E-state index contributed by atoms with van der Waals surface area (Å²) in [5.74, 6) is 0.893. The molecule has 0 aromatic carbocycles. The molecule has 1 fully saturated rings. The van der Waals surface area contributed by atoms with Crippen LogP contribution < -0.4 is 0 Å². The fourth-order valence-corrected chi connectivity index (χ4v) is 3.09.